The van der Waals surface area contributed by atoms with Crippen molar-refractivity contribution < 1.29 is 14.4 Å². The van der Waals surface area contributed by atoms with Crippen LogP contribution in [-0.4, -0.2) is 27.0 Å². The van der Waals surface area contributed by atoms with Crippen molar-refractivity contribution in [3.8, 4) is 11.5 Å². The highest BCUT2D eigenvalue weighted by atomic mass is 35.5. The molecule has 0 amide bonds. The summed E-state index contributed by atoms with van der Waals surface area (Å²) in [7, 11) is 3.19. The Labute approximate surface area is 125 Å². The number of alkyl halides is 1. The van der Waals surface area contributed by atoms with E-state index >= 15 is 0 Å². The zero-order valence-electron chi connectivity index (χ0n) is 11.4. The minimum Gasteiger partial charge on any atom is -0.493 e. The van der Waals surface area contributed by atoms with Crippen LogP contribution in [0.1, 0.15) is 11.3 Å². The van der Waals surface area contributed by atoms with E-state index in [2.05, 4.69) is 10.3 Å². The van der Waals surface area contributed by atoms with Crippen molar-refractivity contribution in [3.63, 3.8) is 0 Å². The van der Waals surface area contributed by atoms with Crippen LogP contribution in [0.4, 0.5) is 5.69 Å². The lowest BCUT2D eigenvalue weighted by Gasteiger charge is -2.11. The zero-order valence-corrected chi connectivity index (χ0v) is 12.2. The molecule has 0 atom stereocenters. The van der Waals surface area contributed by atoms with Gasteiger partial charge in [-0.05, 0) is 6.07 Å². The van der Waals surface area contributed by atoms with Crippen LogP contribution in [0.5, 0.6) is 11.5 Å². The molecule has 112 valence electrons. The lowest BCUT2D eigenvalue weighted by atomic mass is 10.2. The van der Waals surface area contributed by atoms with Crippen molar-refractivity contribution in [2.45, 2.75) is 12.5 Å². The first-order valence-corrected chi connectivity index (χ1v) is 6.48. The Balaban J connectivity index is 2.28. The average Bonchev–Trinajstić information content (AvgIpc) is 2.89. The molecular formula is C12H13ClN4O4. The summed E-state index contributed by atoms with van der Waals surface area (Å²) < 4.78 is 12.2. The zero-order chi connectivity index (χ0) is 15.4. The molecule has 1 heterocycles. The van der Waals surface area contributed by atoms with E-state index in [0.717, 1.165) is 0 Å². The van der Waals surface area contributed by atoms with Gasteiger partial charge in [-0.1, -0.05) is 5.21 Å². The summed E-state index contributed by atoms with van der Waals surface area (Å²) in [5.74, 6) is 0.640. The first-order valence-electron chi connectivity index (χ1n) is 5.94. The van der Waals surface area contributed by atoms with Gasteiger partial charge in [-0.3, -0.25) is 14.8 Å². The molecule has 0 bridgehead atoms. The lowest BCUT2D eigenvalue weighted by molar-refractivity contribution is -0.385. The van der Waals surface area contributed by atoms with Crippen LogP contribution < -0.4 is 9.47 Å². The fourth-order valence-corrected chi connectivity index (χ4v) is 1.97. The van der Waals surface area contributed by atoms with Crippen LogP contribution in [-0.2, 0) is 19.5 Å². The van der Waals surface area contributed by atoms with Crippen molar-refractivity contribution >= 4 is 17.3 Å². The Kier molecular flexibility index (Phi) is 4.59. The smallest absolute Gasteiger partial charge is 0.277 e. The van der Waals surface area contributed by atoms with E-state index in [9.17, 15) is 10.1 Å². The second-order valence-electron chi connectivity index (χ2n) is 4.19. The van der Waals surface area contributed by atoms with E-state index in [4.69, 9.17) is 21.1 Å². The van der Waals surface area contributed by atoms with Crippen LogP contribution in [0.3, 0.4) is 0 Å². The third kappa shape index (κ3) is 3.40. The van der Waals surface area contributed by atoms with E-state index in [1.807, 2.05) is 0 Å². The van der Waals surface area contributed by atoms with Gasteiger partial charge in [-0.15, -0.1) is 16.7 Å². The molecule has 0 saturated carbocycles. The molecule has 1 aromatic carbocycles. The number of nitrogens with zero attached hydrogens (tertiary/aromatic N) is 4. The van der Waals surface area contributed by atoms with Gasteiger partial charge in [-0.2, -0.15) is 0 Å². The van der Waals surface area contributed by atoms with Gasteiger partial charge in [0.15, 0.2) is 11.5 Å². The highest BCUT2D eigenvalue weighted by Crippen LogP contribution is 2.35. The van der Waals surface area contributed by atoms with Gasteiger partial charge < -0.3 is 9.47 Å². The van der Waals surface area contributed by atoms with Gasteiger partial charge in [0, 0.05) is 12.6 Å². The number of aromatic nitrogens is 3. The number of halogens is 1. The molecule has 2 rings (SSSR count). The highest BCUT2D eigenvalue weighted by molar-refractivity contribution is 6.17. The van der Waals surface area contributed by atoms with E-state index in [1.165, 1.54) is 23.9 Å². The molecule has 0 radical (unpaired) electrons. The number of nitro groups is 1. The minimum atomic E-state index is -0.508. The summed E-state index contributed by atoms with van der Waals surface area (Å²) in [5, 5.41) is 18.7. The molecule has 0 aliphatic rings. The fourth-order valence-electron chi connectivity index (χ4n) is 1.75. The molecule has 1 aromatic heterocycles. The van der Waals surface area contributed by atoms with E-state index < -0.39 is 4.92 Å². The maximum Gasteiger partial charge on any atom is 0.277 e. The molecule has 0 saturated heterocycles. The Morgan fingerprint density at radius 3 is 2.71 bits per heavy atom. The number of hydrogen-bond donors (Lipinski definition) is 0. The quantitative estimate of drug-likeness (QED) is 0.460. The lowest BCUT2D eigenvalue weighted by Crippen LogP contribution is -2.01. The maximum atomic E-state index is 11.0. The molecule has 9 heteroatoms. The van der Waals surface area contributed by atoms with Gasteiger partial charge in [0.25, 0.3) is 5.69 Å². The largest absolute Gasteiger partial charge is 0.493 e. The van der Waals surface area contributed by atoms with Crippen molar-refractivity contribution in [1.82, 2.24) is 15.0 Å². The number of rotatable bonds is 6. The molecule has 0 unspecified atom stereocenters. The van der Waals surface area contributed by atoms with Crippen LogP contribution >= 0.6 is 11.6 Å². The number of nitro benzene ring substituents is 1. The van der Waals surface area contributed by atoms with E-state index in [0.29, 0.717) is 17.0 Å². The monoisotopic (exact) mass is 312 g/mol. The summed E-state index contributed by atoms with van der Waals surface area (Å²) in [4.78, 5) is 10.5. The predicted octanol–water partition coefficient (Wildman–Crippen LogP) is 2.05. The first kappa shape index (κ1) is 15.0. The number of methoxy groups -OCH3 is 1. The summed E-state index contributed by atoms with van der Waals surface area (Å²) >= 11 is 5.71. The van der Waals surface area contributed by atoms with Crippen molar-refractivity contribution in [2.75, 3.05) is 7.11 Å². The molecule has 0 fully saturated rings. The van der Waals surface area contributed by atoms with E-state index in [-0.39, 0.29) is 23.9 Å². The maximum absolute atomic E-state index is 11.0. The Hall–Kier alpha value is -2.35. The number of benzene rings is 1. The second kappa shape index (κ2) is 6.40. The first-order chi connectivity index (χ1) is 10.0. The third-order valence-electron chi connectivity index (χ3n) is 2.73. The highest BCUT2D eigenvalue weighted by Gasteiger charge is 2.19. The third-order valence-corrected chi connectivity index (χ3v) is 3.02. The fraction of sp³-hybridized carbons (Fsp3) is 0.333. The van der Waals surface area contributed by atoms with Crippen LogP contribution in [0, 0.1) is 10.1 Å². The van der Waals surface area contributed by atoms with Crippen LogP contribution in [0.25, 0.3) is 0 Å². The van der Waals surface area contributed by atoms with Crippen LogP contribution in [0.15, 0.2) is 18.3 Å². The summed E-state index contributed by atoms with van der Waals surface area (Å²) in [6, 6.07) is 2.80. The molecule has 2 aromatic rings. The van der Waals surface area contributed by atoms with E-state index in [1.54, 1.807) is 13.2 Å². The SMILES string of the molecule is COc1cc(CCl)c([N+](=O)[O-])cc1OCc1cn(C)nn1. The van der Waals surface area contributed by atoms with Gasteiger partial charge in [0.1, 0.15) is 12.3 Å². The summed E-state index contributed by atoms with van der Waals surface area (Å²) in [6.45, 7) is 0.127. The molecule has 8 nitrogen and oxygen atoms in total. The molecule has 0 spiro atoms. The second-order valence-corrected chi connectivity index (χ2v) is 4.46. The van der Waals surface area contributed by atoms with Gasteiger partial charge in [0.05, 0.1) is 30.2 Å². The van der Waals surface area contributed by atoms with Crippen LogP contribution in [0.2, 0.25) is 0 Å². The van der Waals surface area contributed by atoms with Crippen molar-refractivity contribution in [2.24, 2.45) is 7.05 Å². The number of aryl methyl sites for hydroxylation is 1. The normalized spacial score (nSPS) is 10.4. The average molecular weight is 313 g/mol. The Morgan fingerprint density at radius 1 is 1.43 bits per heavy atom. The molecule has 0 aliphatic heterocycles. The topological polar surface area (TPSA) is 92.3 Å². The standard InChI is InChI=1S/C12H13ClN4O4/c1-16-6-9(14-15-16)7-21-12-4-10(17(18)19)8(5-13)3-11(12)20-2/h3-4,6H,5,7H2,1-2H3. The predicted molar refractivity (Wildman–Crippen MR) is 74.5 cm³/mol. The molecule has 0 N–H and O–H groups in total. The molecular weight excluding hydrogens is 300 g/mol. The number of ether oxygens (including phenoxy) is 2. The van der Waals surface area contributed by atoms with Gasteiger partial charge in [-0.25, -0.2) is 0 Å². The molecule has 21 heavy (non-hydrogen) atoms. The van der Waals surface area contributed by atoms with Gasteiger partial charge >= 0.3 is 0 Å². The molecule has 0 aliphatic carbocycles. The summed E-state index contributed by atoms with van der Waals surface area (Å²) in [5.41, 5.74) is 0.856. The Morgan fingerprint density at radius 2 is 2.19 bits per heavy atom. The van der Waals surface area contributed by atoms with Gasteiger partial charge in [0.2, 0.25) is 0 Å². The van der Waals surface area contributed by atoms with Crippen molar-refractivity contribution in [3.05, 3.63) is 39.7 Å². The number of hydrogen-bond acceptors (Lipinski definition) is 6. The Bertz CT molecular complexity index is 659. The summed E-state index contributed by atoms with van der Waals surface area (Å²) in [6.07, 6.45) is 1.69. The minimum absolute atomic E-state index is 0.0110. The van der Waals surface area contributed by atoms with Crippen molar-refractivity contribution in [1.29, 1.82) is 0 Å².